The molecule has 0 spiro atoms. The molecule has 2 heterocycles. The Morgan fingerprint density at radius 2 is 1.83 bits per heavy atom. The molecule has 0 atom stereocenters. The maximum atomic E-state index is 12.5. The molecular formula is C19H13NO2S2. The molecule has 2 amide bonds. The summed E-state index contributed by atoms with van der Waals surface area (Å²) in [6.45, 7) is 0.302. The van der Waals surface area contributed by atoms with Gasteiger partial charge in [-0.05, 0) is 62.6 Å². The first-order valence-electron chi connectivity index (χ1n) is 7.46. The van der Waals surface area contributed by atoms with Crippen molar-refractivity contribution in [3.8, 4) is 0 Å². The molecule has 0 aliphatic carbocycles. The number of thioether (sulfide) groups is 1. The Bertz CT molecular complexity index is 960. The number of carbonyl (C=O) groups is 2. The molecule has 0 radical (unpaired) electrons. The molecular weight excluding hydrogens is 338 g/mol. The second kappa shape index (κ2) is 6.26. The zero-order chi connectivity index (χ0) is 16.5. The maximum Gasteiger partial charge on any atom is 0.293 e. The van der Waals surface area contributed by atoms with Crippen molar-refractivity contribution in [3.05, 3.63) is 75.3 Å². The number of hydrogen-bond donors (Lipinski definition) is 0. The molecule has 24 heavy (non-hydrogen) atoms. The first kappa shape index (κ1) is 15.2. The quantitative estimate of drug-likeness (QED) is 0.613. The van der Waals surface area contributed by atoms with Crippen LogP contribution in [0.2, 0.25) is 0 Å². The van der Waals surface area contributed by atoms with Crippen LogP contribution in [0.1, 0.15) is 11.1 Å². The highest BCUT2D eigenvalue weighted by atomic mass is 32.2. The van der Waals surface area contributed by atoms with Gasteiger partial charge in [0.05, 0.1) is 11.4 Å². The largest absolute Gasteiger partial charge is 0.293 e. The fourth-order valence-electron chi connectivity index (χ4n) is 2.66. The monoisotopic (exact) mass is 351 g/mol. The minimum absolute atomic E-state index is 0.213. The van der Waals surface area contributed by atoms with E-state index in [4.69, 9.17) is 0 Å². The van der Waals surface area contributed by atoms with Crippen LogP contribution in [0.25, 0.3) is 16.8 Å². The second-order valence-corrected chi connectivity index (χ2v) is 7.28. The number of amides is 2. The van der Waals surface area contributed by atoms with Gasteiger partial charge in [0.1, 0.15) is 0 Å². The average Bonchev–Trinajstić information content (AvgIpc) is 3.19. The van der Waals surface area contributed by atoms with Crippen LogP contribution in [0.4, 0.5) is 4.79 Å². The zero-order valence-corrected chi connectivity index (χ0v) is 14.3. The van der Waals surface area contributed by atoms with Crippen LogP contribution in [0, 0.1) is 0 Å². The Morgan fingerprint density at radius 1 is 1.00 bits per heavy atom. The molecule has 0 saturated carbocycles. The maximum absolute atomic E-state index is 12.5. The Morgan fingerprint density at radius 3 is 2.62 bits per heavy atom. The summed E-state index contributed by atoms with van der Waals surface area (Å²) in [4.78, 5) is 26.5. The van der Waals surface area contributed by atoms with Gasteiger partial charge < -0.3 is 0 Å². The van der Waals surface area contributed by atoms with E-state index in [1.807, 2.05) is 59.3 Å². The molecule has 0 N–H and O–H groups in total. The molecule has 1 aliphatic heterocycles. The molecule has 4 rings (SSSR count). The van der Waals surface area contributed by atoms with E-state index in [9.17, 15) is 9.59 Å². The van der Waals surface area contributed by atoms with Crippen LogP contribution in [0.3, 0.4) is 0 Å². The number of rotatable bonds is 3. The van der Waals surface area contributed by atoms with E-state index in [1.54, 1.807) is 17.4 Å². The number of thiophene rings is 1. The molecule has 5 heteroatoms. The lowest BCUT2D eigenvalue weighted by molar-refractivity contribution is -0.123. The Hall–Kier alpha value is -2.37. The van der Waals surface area contributed by atoms with Crippen molar-refractivity contribution in [1.29, 1.82) is 0 Å². The highest BCUT2D eigenvalue weighted by Crippen LogP contribution is 2.33. The number of imide groups is 1. The lowest BCUT2D eigenvalue weighted by Gasteiger charge is -2.13. The molecule has 3 aromatic rings. The minimum Gasteiger partial charge on any atom is -0.268 e. The Balaban J connectivity index is 1.59. The Kier molecular flexibility index (Phi) is 3.96. The van der Waals surface area contributed by atoms with Crippen LogP contribution in [-0.2, 0) is 11.3 Å². The molecule has 1 aromatic heterocycles. The topological polar surface area (TPSA) is 37.4 Å². The fraction of sp³-hybridized carbons (Fsp3) is 0.0526. The van der Waals surface area contributed by atoms with Gasteiger partial charge in [0.15, 0.2) is 0 Å². The lowest BCUT2D eigenvalue weighted by atomic mass is 10.1. The van der Waals surface area contributed by atoms with Gasteiger partial charge in [0, 0.05) is 0 Å². The minimum atomic E-state index is -0.218. The standard InChI is InChI=1S/C19H13NO2S2/c21-18-17(10-14-7-8-23-12-14)24-19(22)20(18)11-13-5-6-15-3-1-2-4-16(15)9-13/h1-10,12H,11H2/b17-10-. The van der Waals surface area contributed by atoms with Crippen molar-refractivity contribution >= 4 is 51.1 Å². The summed E-state index contributed by atoms with van der Waals surface area (Å²) in [6.07, 6.45) is 1.78. The summed E-state index contributed by atoms with van der Waals surface area (Å²) in [5, 5.41) is 5.95. The van der Waals surface area contributed by atoms with E-state index < -0.39 is 0 Å². The third-order valence-corrected chi connectivity index (χ3v) is 5.48. The third kappa shape index (κ3) is 2.88. The van der Waals surface area contributed by atoms with Gasteiger partial charge in [-0.15, -0.1) is 0 Å². The average molecular weight is 351 g/mol. The van der Waals surface area contributed by atoms with E-state index in [2.05, 4.69) is 0 Å². The van der Waals surface area contributed by atoms with Crippen molar-refractivity contribution in [2.45, 2.75) is 6.54 Å². The van der Waals surface area contributed by atoms with Gasteiger partial charge in [-0.25, -0.2) is 0 Å². The Labute approximate surface area is 147 Å². The van der Waals surface area contributed by atoms with E-state index in [-0.39, 0.29) is 11.1 Å². The van der Waals surface area contributed by atoms with Gasteiger partial charge >= 0.3 is 0 Å². The van der Waals surface area contributed by atoms with Crippen molar-refractivity contribution in [2.75, 3.05) is 0 Å². The molecule has 1 aliphatic rings. The first-order valence-corrected chi connectivity index (χ1v) is 9.22. The summed E-state index contributed by atoms with van der Waals surface area (Å²) in [6, 6.07) is 16.0. The number of nitrogens with zero attached hydrogens (tertiary/aromatic N) is 1. The molecule has 3 nitrogen and oxygen atoms in total. The first-order chi connectivity index (χ1) is 11.7. The van der Waals surface area contributed by atoms with Gasteiger partial charge in [0.2, 0.25) is 0 Å². The predicted octanol–water partition coefficient (Wildman–Crippen LogP) is 5.14. The predicted molar refractivity (Wildman–Crippen MR) is 99.8 cm³/mol. The molecule has 0 unspecified atom stereocenters. The smallest absolute Gasteiger partial charge is 0.268 e. The van der Waals surface area contributed by atoms with E-state index in [0.717, 1.165) is 33.7 Å². The summed E-state index contributed by atoms with van der Waals surface area (Å²) < 4.78 is 0. The van der Waals surface area contributed by atoms with Crippen LogP contribution in [0.15, 0.2) is 64.2 Å². The number of fused-ring (bicyclic) bond motifs is 1. The van der Waals surface area contributed by atoms with Gasteiger partial charge in [-0.3, -0.25) is 14.5 Å². The third-order valence-electron chi connectivity index (χ3n) is 3.87. The summed E-state index contributed by atoms with van der Waals surface area (Å²) >= 11 is 2.57. The number of benzene rings is 2. The van der Waals surface area contributed by atoms with Crippen molar-refractivity contribution < 1.29 is 9.59 Å². The molecule has 0 bridgehead atoms. The van der Waals surface area contributed by atoms with Crippen molar-refractivity contribution in [2.24, 2.45) is 0 Å². The van der Waals surface area contributed by atoms with E-state index in [1.165, 1.54) is 4.90 Å². The zero-order valence-electron chi connectivity index (χ0n) is 12.6. The second-order valence-electron chi connectivity index (χ2n) is 5.51. The summed E-state index contributed by atoms with van der Waals surface area (Å²) in [5.41, 5.74) is 1.91. The summed E-state index contributed by atoms with van der Waals surface area (Å²) in [7, 11) is 0. The van der Waals surface area contributed by atoms with Crippen LogP contribution < -0.4 is 0 Å². The molecule has 1 saturated heterocycles. The van der Waals surface area contributed by atoms with Crippen LogP contribution in [-0.4, -0.2) is 16.0 Å². The normalized spacial score (nSPS) is 16.5. The number of carbonyl (C=O) groups excluding carboxylic acids is 2. The van der Waals surface area contributed by atoms with E-state index >= 15 is 0 Å². The molecule has 2 aromatic carbocycles. The van der Waals surface area contributed by atoms with Crippen molar-refractivity contribution in [3.63, 3.8) is 0 Å². The van der Waals surface area contributed by atoms with E-state index in [0.29, 0.717) is 11.4 Å². The lowest BCUT2D eigenvalue weighted by Crippen LogP contribution is -2.27. The fourth-order valence-corrected chi connectivity index (χ4v) is 4.12. The number of hydrogen-bond acceptors (Lipinski definition) is 4. The van der Waals surface area contributed by atoms with Crippen LogP contribution >= 0.6 is 23.1 Å². The van der Waals surface area contributed by atoms with Crippen molar-refractivity contribution in [1.82, 2.24) is 4.90 Å². The van der Waals surface area contributed by atoms with Gasteiger partial charge in [-0.1, -0.05) is 36.4 Å². The highest BCUT2D eigenvalue weighted by molar-refractivity contribution is 8.18. The SMILES string of the molecule is O=C1S/C(=C\c2ccsc2)C(=O)N1Cc1ccc2ccccc2c1. The van der Waals surface area contributed by atoms with Gasteiger partial charge in [0.25, 0.3) is 11.1 Å². The van der Waals surface area contributed by atoms with Gasteiger partial charge in [-0.2, -0.15) is 11.3 Å². The summed E-state index contributed by atoms with van der Waals surface area (Å²) in [5.74, 6) is -0.218. The molecule has 1 fully saturated rings. The van der Waals surface area contributed by atoms with Crippen LogP contribution in [0.5, 0.6) is 0 Å². The highest BCUT2D eigenvalue weighted by Gasteiger charge is 2.34. The molecule has 118 valence electrons.